The molecule has 0 atom stereocenters. The lowest BCUT2D eigenvalue weighted by Gasteiger charge is -2.19. The van der Waals surface area contributed by atoms with Crippen molar-refractivity contribution in [2.75, 3.05) is 13.7 Å². The van der Waals surface area contributed by atoms with Crippen LogP contribution in [0, 0.1) is 0 Å². The third kappa shape index (κ3) is 4.96. The van der Waals surface area contributed by atoms with Gasteiger partial charge in [-0.15, -0.1) is 0 Å². The Balaban J connectivity index is 2.29. The van der Waals surface area contributed by atoms with Gasteiger partial charge in [0.25, 0.3) is 0 Å². The van der Waals surface area contributed by atoms with Gasteiger partial charge in [0.05, 0.1) is 13.7 Å². The molecule has 0 aliphatic heterocycles. The van der Waals surface area contributed by atoms with Crippen LogP contribution in [0.5, 0.6) is 5.75 Å². The molecule has 3 nitrogen and oxygen atoms in total. The van der Waals surface area contributed by atoms with Crippen LogP contribution >= 0.6 is 0 Å². The second-order valence-electron chi connectivity index (χ2n) is 6.87. The molecule has 0 heterocycles. The Kier molecular flexibility index (Phi) is 6.02. The molecule has 0 spiro atoms. The van der Waals surface area contributed by atoms with Gasteiger partial charge in [0.1, 0.15) is 5.75 Å². The highest BCUT2D eigenvalue weighted by Gasteiger charge is 2.16. The topological polar surface area (TPSA) is 35.5 Å². The number of rotatable bonds is 6. The van der Waals surface area contributed by atoms with Gasteiger partial charge < -0.3 is 9.47 Å². The Morgan fingerprint density at radius 2 is 1.76 bits per heavy atom. The second kappa shape index (κ2) is 8.02. The summed E-state index contributed by atoms with van der Waals surface area (Å²) < 4.78 is 10.8. The number of ketones is 1. The van der Waals surface area contributed by atoms with Gasteiger partial charge in [0, 0.05) is 5.56 Å². The number of hydrogen-bond acceptors (Lipinski definition) is 3. The Hall–Kier alpha value is -2.55. The fourth-order valence-electron chi connectivity index (χ4n) is 2.47. The molecule has 0 saturated carbocycles. The molecule has 0 N–H and O–H groups in total. The highest BCUT2D eigenvalue weighted by molar-refractivity contribution is 6.09. The van der Waals surface area contributed by atoms with Crippen LogP contribution in [0.1, 0.15) is 49.2 Å². The molecule has 0 saturated heterocycles. The van der Waals surface area contributed by atoms with Crippen molar-refractivity contribution in [2.24, 2.45) is 0 Å². The van der Waals surface area contributed by atoms with Gasteiger partial charge >= 0.3 is 0 Å². The van der Waals surface area contributed by atoms with Crippen molar-refractivity contribution in [3.8, 4) is 5.75 Å². The second-order valence-corrected chi connectivity index (χ2v) is 6.87. The minimum absolute atomic E-state index is 0.0518. The van der Waals surface area contributed by atoms with Gasteiger partial charge in [-0.2, -0.15) is 0 Å². The van der Waals surface area contributed by atoms with Crippen LogP contribution in [0.25, 0.3) is 6.08 Å². The lowest BCUT2D eigenvalue weighted by Crippen LogP contribution is -2.11. The van der Waals surface area contributed by atoms with Crippen molar-refractivity contribution in [2.45, 2.75) is 33.1 Å². The van der Waals surface area contributed by atoms with E-state index in [0.29, 0.717) is 17.9 Å². The number of carbonyl (C=O) groups excluding carboxylic acids is 1. The predicted molar refractivity (Wildman–Crippen MR) is 102 cm³/mol. The van der Waals surface area contributed by atoms with Crippen molar-refractivity contribution in [1.82, 2.24) is 0 Å². The summed E-state index contributed by atoms with van der Waals surface area (Å²) >= 11 is 0. The smallest absolute Gasteiger partial charge is 0.227 e. The zero-order chi connectivity index (χ0) is 18.4. The number of allylic oxidation sites excluding steroid dienone is 1. The fourth-order valence-corrected chi connectivity index (χ4v) is 2.47. The molecule has 0 fully saturated rings. The standard InChI is InChI=1S/C22H26O3/c1-6-25-19-12-10-17(11-13-19)21(23)20(24-5)15-16-8-7-9-18(14-16)22(2,3)4/h7-15H,6H2,1-5H3. The minimum atomic E-state index is -0.147. The van der Waals surface area contributed by atoms with Gasteiger partial charge in [-0.3, -0.25) is 4.79 Å². The van der Waals surface area contributed by atoms with E-state index in [0.717, 1.165) is 11.3 Å². The van der Waals surface area contributed by atoms with Gasteiger partial charge in [-0.05, 0) is 53.8 Å². The van der Waals surface area contributed by atoms with Crippen molar-refractivity contribution in [3.63, 3.8) is 0 Å². The molecule has 0 amide bonds. The Morgan fingerprint density at radius 1 is 1.08 bits per heavy atom. The SMILES string of the molecule is CCOc1ccc(C(=O)C(=Cc2cccc(C(C)(C)C)c2)OC)cc1. The van der Waals surface area contributed by atoms with Gasteiger partial charge in [0.2, 0.25) is 5.78 Å². The number of carbonyl (C=O) groups is 1. The molecule has 0 bridgehead atoms. The van der Waals surface area contributed by atoms with Crippen LogP contribution in [0.3, 0.4) is 0 Å². The largest absolute Gasteiger partial charge is 0.494 e. The fraction of sp³-hybridized carbons (Fsp3) is 0.318. The van der Waals surface area contributed by atoms with E-state index in [2.05, 4.69) is 32.9 Å². The summed E-state index contributed by atoms with van der Waals surface area (Å²) in [4.78, 5) is 12.7. The summed E-state index contributed by atoms with van der Waals surface area (Å²) in [6.45, 7) is 9.02. The maximum absolute atomic E-state index is 12.7. The summed E-state index contributed by atoms with van der Waals surface area (Å²) in [5.41, 5.74) is 2.79. The van der Waals surface area contributed by atoms with E-state index in [1.165, 1.54) is 12.7 Å². The van der Waals surface area contributed by atoms with Gasteiger partial charge in [-0.25, -0.2) is 0 Å². The Labute approximate surface area is 150 Å². The first kappa shape index (κ1) is 18.8. The van der Waals surface area contributed by atoms with E-state index < -0.39 is 0 Å². The molecule has 3 heteroatoms. The average molecular weight is 338 g/mol. The molecule has 0 aromatic heterocycles. The van der Waals surface area contributed by atoms with Gasteiger partial charge in [-0.1, -0.05) is 45.0 Å². The maximum Gasteiger partial charge on any atom is 0.227 e. The van der Waals surface area contributed by atoms with E-state index in [-0.39, 0.29) is 11.2 Å². The maximum atomic E-state index is 12.7. The first-order chi connectivity index (χ1) is 11.8. The molecule has 0 aliphatic carbocycles. The predicted octanol–water partition coefficient (Wildman–Crippen LogP) is 5.25. The molecular formula is C22H26O3. The van der Waals surface area contributed by atoms with Crippen LogP contribution in [-0.4, -0.2) is 19.5 Å². The quantitative estimate of drug-likeness (QED) is 0.410. The van der Waals surface area contributed by atoms with E-state index >= 15 is 0 Å². The monoisotopic (exact) mass is 338 g/mol. The van der Waals surface area contributed by atoms with E-state index in [9.17, 15) is 4.79 Å². The Bertz CT molecular complexity index is 750. The number of ether oxygens (including phenoxy) is 2. The van der Waals surface area contributed by atoms with Gasteiger partial charge in [0.15, 0.2) is 5.76 Å². The third-order valence-corrected chi connectivity index (χ3v) is 3.92. The van der Waals surface area contributed by atoms with Crippen molar-refractivity contribution < 1.29 is 14.3 Å². The summed E-state index contributed by atoms with van der Waals surface area (Å²) in [7, 11) is 1.52. The minimum Gasteiger partial charge on any atom is -0.494 e. The molecule has 2 rings (SSSR count). The number of methoxy groups -OCH3 is 1. The number of benzene rings is 2. The summed E-state index contributed by atoms with van der Waals surface area (Å²) in [5, 5.41) is 0. The lowest BCUT2D eigenvalue weighted by atomic mass is 9.86. The zero-order valence-corrected chi connectivity index (χ0v) is 15.6. The zero-order valence-electron chi connectivity index (χ0n) is 15.6. The van der Waals surface area contributed by atoms with E-state index in [4.69, 9.17) is 9.47 Å². The Morgan fingerprint density at radius 3 is 2.32 bits per heavy atom. The highest BCUT2D eigenvalue weighted by atomic mass is 16.5. The third-order valence-electron chi connectivity index (χ3n) is 3.92. The first-order valence-electron chi connectivity index (χ1n) is 8.49. The van der Waals surface area contributed by atoms with Crippen LogP contribution < -0.4 is 4.74 Å². The summed E-state index contributed by atoms with van der Waals surface area (Å²) in [6, 6.07) is 15.3. The summed E-state index contributed by atoms with van der Waals surface area (Å²) in [5.74, 6) is 0.918. The molecule has 0 unspecified atom stereocenters. The van der Waals surface area contributed by atoms with Crippen molar-refractivity contribution in [3.05, 3.63) is 71.0 Å². The molecule has 25 heavy (non-hydrogen) atoms. The molecule has 132 valence electrons. The van der Waals surface area contributed by atoms with Crippen molar-refractivity contribution in [1.29, 1.82) is 0 Å². The summed E-state index contributed by atoms with van der Waals surface area (Å²) in [6.07, 6.45) is 1.79. The van der Waals surface area contributed by atoms with Crippen molar-refractivity contribution >= 4 is 11.9 Å². The molecular weight excluding hydrogens is 312 g/mol. The molecule has 2 aromatic carbocycles. The van der Waals surface area contributed by atoms with E-state index in [1.54, 1.807) is 30.3 Å². The van der Waals surface area contributed by atoms with E-state index in [1.807, 2.05) is 19.1 Å². The molecule has 0 radical (unpaired) electrons. The molecule has 0 aliphatic rings. The van der Waals surface area contributed by atoms with Crippen LogP contribution in [-0.2, 0) is 10.2 Å². The van der Waals surface area contributed by atoms with Crippen LogP contribution in [0.15, 0.2) is 54.3 Å². The lowest BCUT2D eigenvalue weighted by molar-refractivity contribution is 0.0957. The number of Topliss-reactive ketones (excluding diaryl/α,β-unsaturated/α-hetero) is 1. The number of hydrogen-bond donors (Lipinski definition) is 0. The average Bonchev–Trinajstić information content (AvgIpc) is 2.59. The first-order valence-corrected chi connectivity index (χ1v) is 8.49. The molecule has 2 aromatic rings. The highest BCUT2D eigenvalue weighted by Crippen LogP contribution is 2.24. The van der Waals surface area contributed by atoms with Crippen LogP contribution in [0.4, 0.5) is 0 Å². The normalized spacial score (nSPS) is 12.0. The van der Waals surface area contributed by atoms with Crippen LogP contribution in [0.2, 0.25) is 0 Å².